The predicted octanol–water partition coefficient (Wildman–Crippen LogP) is 2.23. The van der Waals surface area contributed by atoms with Gasteiger partial charge in [-0.3, -0.25) is 9.59 Å². The van der Waals surface area contributed by atoms with E-state index in [1.807, 2.05) is 60.7 Å². The van der Waals surface area contributed by atoms with E-state index in [0.717, 1.165) is 43.5 Å². The number of primary amides is 1. The number of carbonyl (C=O) groups excluding carboxylic acids is 3. The Morgan fingerprint density at radius 3 is 2.38 bits per heavy atom. The number of carbonyl (C=O) groups is 3. The Morgan fingerprint density at radius 2 is 1.71 bits per heavy atom. The molecule has 34 heavy (non-hydrogen) atoms. The topological polar surface area (TPSA) is 114 Å². The van der Waals surface area contributed by atoms with Crippen LogP contribution in [0.3, 0.4) is 0 Å². The molecule has 2 aromatic carbocycles. The minimum absolute atomic E-state index is 0.0929. The van der Waals surface area contributed by atoms with Crippen LogP contribution in [-0.4, -0.2) is 55.0 Å². The molecule has 4 N–H and O–H groups in total. The Labute approximate surface area is 200 Å². The molecule has 1 fully saturated rings. The summed E-state index contributed by atoms with van der Waals surface area (Å²) in [7, 11) is 0. The zero-order chi connectivity index (χ0) is 24.2. The van der Waals surface area contributed by atoms with E-state index in [0.29, 0.717) is 19.5 Å². The number of ether oxygens (including phenoxy) is 1. The first kappa shape index (κ1) is 25.2. The van der Waals surface area contributed by atoms with E-state index in [-0.39, 0.29) is 24.3 Å². The number of nitrogens with zero attached hydrogens (tertiary/aromatic N) is 1. The molecule has 1 unspecified atom stereocenters. The smallest absolute Gasteiger partial charge is 0.408 e. The van der Waals surface area contributed by atoms with E-state index >= 15 is 0 Å². The van der Waals surface area contributed by atoms with Crippen LogP contribution in [-0.2, 0) is 27.4 Å². The molecule has 3 rings (SSSR count). The third-order valence-electron chi connectivity index (χ3n) is 5.96. The van der Waals surface area contributed by atoms with Gasteiger partial charge < -0.3 is 26.0 Å². The molecule has 0 aromatic heterocycles. The van der Waals surface area contributed by atoms with Crippen LogP contribution in [0.1, 0.15) is 30.4 Å². The van der Waals surface area contributed by atoms with Crippen molar-refractivity contribution in [2.45, 2.75) is 38.3 Å². The van der Waals surface area contributed by atoms with Crippen molar-refractivity contribution in [3.8, 4) is 0 Å². The van der Waals surface area contributed by atoms with Gasteiger partial charge in [-0.25, -0.2) is 4.79 Å². The first-order chi connectivity index (χ1) is 16.5. The quantitative estimate of drug-likeness (QED) is 0.440. The lowest BCUT2D eigenvalue weighted by Gasteiger charge is -2.31. The predicted molar refractivity (Wildman–Crippen MR) is 130 cm³/mol. The number of amides is 3. The summed E-state index contributed by atoms with van der Waals surface area (Å²) in [5.41, 5.74) is 7.26. The molecule has 182 valence electrons. The van der Waals surface area contributed by atoms with Gasteiger partial charge in [0.05, 0.1) is 5.92 Å². The fraction of sp³-hybridized carbons (Fsp3) is 0.423. The molecule has 2 atom stereocenters. The zero-order valence-electron chi connectivity index (χ0n) is 19.4. The molecule has 8 nitrogen and oxygen atoms in total. The zero-order valence-corrected chi connectivity index (χ0v) is 19.4. The number of hydrogen-bond donors (Lipinski definition) is 3. The standard InChI is InChI=1S/C26H34N4O4/c27-24(31)22-13-7-15-30(18-22)16-8-14-28-25(32)23(17-20-9-3-1-4-10-20)29-26(33)34-19-21-11-5-2-6-12-21/h1-6,9-12,22-23H,7-8,13-19H2,(H2,27,31)(H,28,32)(H,29,33)/t22?,23-/m0/s1. The summed E-state index contributed by atoms with van der Waals surface area (Å²) < 4.78 is 5.31. The second kappa shape index (κ2) is 13.3. The van der Waals surface area contributed by atoms with Gasteiger partial charge in [0.25, 0.3) is 0 Å². The van der Waals surface area contributed by atoms with Crippen LogP contribution in [0, 0.1) is 5.92 Å². The average molecular weight is 467 g/mol. The van der Waals surface area contributed by atoms with E-state index in [9.17, 15) is 14.4 Å². The first-order valence-electron chi connectivity index (χ1n) is 11.8. The molecule has 8 heteroatoms. The highest BCUT2D eigenvalue weighted by Gasteiger charge is 2.24. The first-order valence-corrected chi connectivity index (χ1v) is 11.8. The van der Waals surface area contributed by atoms with Crippen LogP contribution in [0.25, 0.3) is 0 Å². The van der Waals surface area contributed by atoms with Gasteiger partial charge >= 0.3 is 6.09 Å². The highest BCUT2D eigenvalue weighted by molar-refractivity contribution is 5.85. The van der Waals surface area contributed by atoms with Gasteiger partial charge in [-0.2, -0.15) is 0 Å². The van der Waals surface area contributed by atoms with E-state index in [2.05, 4.69) is 15.5 Å². The minimum Gasteiger partial charge on any atom is -0.445 e. The number of likely N-dealkylation sites (tertiary alicyclic amines) is 1. The number of hydrogen-bond acceptors (Lipinski definition) is 5. The lowest BCUT2D eigenvalue weighted by Crippen LogP contribution is -2.48. The lowest BCUT2D eigenvalue weighted by atomic mass is 9.97. The van der Waals surface area contributed by atoms with Gasteiger partial charge in [0.1, 0.15) is 12.6 Å². The van der Waals surface area contributed by atoms with Gasteiger partial charge in [0.2, 0.25) is 11.8 Å². The maximum absolute atomic E-state index is 12.9. The van der Waals surface area contributed by atoms with E-state index in [1.165, 1.54) is 0 Å². The van der Waals surface area contributed by atoms with Crippen LogP contribution in [0.2, 0.25) is 0 Å². The van der Waals surface area contributed by atoms with Crippen LogP contribution in [0.15, 0.2) is 60.7 Å². The van der Waals surface area contributed by atoms with Crippen molar-refractivity contribution in [2.75, 3.05) is 26.2 Å². The molecule has 3 amide bonds. The monoisotopic (exact) mass is 466 g/mol. The van der Waals surface area contributed by atoms with Crippen molar-refractivity contribution in [2.24, 2.45) is 11.7 Å². The van der Waals surface area contributed by atoms with Crippen molar-refractivity contribution >= 4 is 17.9 Å². The van der Waals surface area contributed by atoms with Crippen molar-refractivity contribution in [3.63, 3.8) is 0 Å². The van der Waals surface area contributed by atoms with Crippen molar-refractivity contribution in [1.29, 1.82) is 0 Å². The number of nitrogens with one attached hydrogen (secondary N) is 2. The molecule has 0 bridgehead atoms. The fourth-order valence-corrected chi connectivity index (χ4v) is 4.09. The SMILES string of the molecule is NC(=O)C1CCCN(CCCNC(=O)[C@H](Cc2ccccc2)NC(=O)OCc2ccccc2)C1. The number of nitrogens with two attached hydrogens (primary N) is 1. The summed E-state index contributed by atoms with van der Waals surface area (Å²) in [4.78, 5) is 38.9. The highest BCUT2D eigenvalue weighted by Crippen LogP contribution is 2.16. The molecule has 2 aromatic rings. The molecule has 1 saturated heterocycles. The Morgan fingerprint density at radius 1 is 1.03 bits per heavy atom. The van der Waals surface area contributed by atoms with Crippen molar-refractivity contribution in [3.05, 3.63) is 71.8 Å². The average Bonchev–Trinajstić information content (AvgIpc) is 2.86. The number of alkyl carbamates (subject to hydrolysis) is 1. The van der Waals surface area contributed by atoms with Gasteiger partial charge in [0.15, 0.2) is 0 Å². The second-order valence-corrected chi connectivity index (χ2v) is 8.64. The Bertz CT molecular complexity index is 923. The van der Waals surface area contributed by atoms with Gasteiger partial charge in [-0.1, -0.05) is 60.7 Å². The van der Waals surface area contributed by atoms with Crippen molar-refractivity contribution < 1.29 is 19.1 Å². The van der Waals surface area contributed by atoms with E-state index in [1.54, 1.807) is 0 Å². The summed E-state index contributed by atoms with van der Waals surface area (Å²) in [6.45, 7) is 2.99. The largest absolute Gasteiger partial charge is 0.445 e. The molecule has 0 spiro atoms. The summed E-state index contributed by atoms with van der Waals surface area (Å²) in [6, 6.07) is 18.2. The molecule has 0 radical (unpaired) electrons. The molecule has 0 aliphatic carbocycles. The highest BCUT2D eigenvalue weighted by atomic mass is 16.5. The molecule has 1 aliphatic rings. The van der Waals surface area contributed by atoms with Crippen molar-refractivity contribution in [1.82, 2.24) is 15.5 Å². The molecule has 1 heterocycles. The summed E-state index contributed by atoms with van der Waals surface area (Å²) in [5, 5.41) is 5.64. The summed E-state index contributed by atoms with van der Waals surface area (Å²) in [6.07, 6.45) is 2.27. The minimum atomic E-state index is -0.750. The van der Waals surface area contributed by atoms with Gasteiger partial charge in [-0.15, -0.1) is 0 Å². The third-order valence-corrected chi connectivity index (χ3v) is 5.96. The van der Waals surface area contributed by atoms with Crippen LogP contribution >= 0.6 is 0 Å². The summed E-state index contributed by atoms with van der Waals surface area (Å²) >= 11 is 0. The van der Waals surface area contributed by atoms with Gasteiger partial charge in [0, 0.05) is 19.5 Å². The van der Waals surface area contributed by atoms with E-state index < -0.39 is 12.1 Å². The van der Waals surface area contributed by atoms with E-state index in [4.69, 9.17) is 10.5 Å². The summed E-state index contributed by atoms with van der Waals surface area (Å²) in [5.74, 6) is -0.592. The van der Waals surface area contributed by atoms with Crippen LogP contribution in [0.5, 0.6) is 0 Å². The van der Waals surface area contributed by atoms with Crippen LogP contribution < -0.4 is 16.4 Å². The normalized spacial score (nSPS) is 16.9. The fourth-order valence-electron chi connectivity index (χ4n) is 4.09. The maximum Gasteiger partial charge on any atom is 0.408 e. The maximum atomic E-state index is 12.9. The molecule has 1 aliphatic heterocycles. The Hall–Kier alpha value is -3.39. The number of benzene rings is 2. The molecule has 0 saturated carbocycles. The number of piperidine rings is 1. The lowest BCUT2D eigenvalue weighted by molar-refractivity contribution is -0.123. The third kappa shape index (κ3) is 8.51. The van der Waals surface area contributed by atoms with Gasteiger partial charge in [-0.05, 0) is 43.5 Å². The Balaban J connectivity index is 1.48. The Kier molecular flexibility index (Phi) is 9.91. The second-order valence-electron chi connectivity index (χ2n) is 8.64. The van der Waals surface area contributed by atoms with Crippen LogP contribution in [0.4, 0.5) is 4.79 Å². The molecular formula is C26H34N4O4. The number of rotatable bonds is 11. The molecular weight excluding hydrogens is 432 g/mol.